The van der Waals surface area contributed by atoms with Crippen molar-refractivity contribution in [2.75, 3.05) is 13.1 Å². The van der Waals surface area contributed by atoms with Gasteiger partial charge in [0.2, 0.25) is 0 Å². The Morgan fingerprint density at radius 2 is 2.22 bits per heavy atom. The monoisotopic (exact) mass is 338 g/mol. The van der Waals surface area contributed by atoms with Crippen molar-refractivity contribution in [2.24, 2.45) is 0 Å². The van der Waals surface area contributed by atoms with E-state index >= 15 is 0 Å². The quantitative estimate of drug-likeness (QED) is 0.881. The highest BCUT2D eigenvalue weighted by molar-refractivity contribution is 7.12. The van der Waals surface area contributed by atoms with Gasteiger partial charge in [0.1, 0.15) is 10.6 Å². The molecule has 122 valence electrons. The van der Waals surface area contributed by atoms with Gasteiger partial charge in [-0.1, -0.05) is 24.3 Å². The molecule has 0 fully saturated rings. The number of benzene rings is 1. The molecule has 1 aromatic carbocycles. The average molecular weight is 338 g/mol. The van der Waals surface area contributed by atoms with Crippen molar-refractivity contribution in [1.82, 2.24) is 10.6 Å². The Balaban J connectivity index is 1.65. The number of amides is 1. The zero-order valence-electron chi connectivity index (χ0n) is 12.2. The number of alkyl halides is 2. The summed E-state index contributed by atoms with van der Waals surface area (Å²) < 4.78 is 29.0. The Hall–Kier alpha value is -1.99. The first-order valence-corrected chi connectivity index (χ1v) is 8.15. The van der Waals surface area contributed by atoms with Gasteiger partial charge in [-0.25, -0.2) is 0 Å². The SMILES string of the molecule is O=C(NCC1NCCc2ccccc21)c1sccc1OC(F)F. The topological polar surface area (TPSA) is 50.4 Å². The van der Waals surface area contributed by atoms with Crippen molar-refractivity contribution >= 4 is 17.2 Å². The first-order valence-electron chi connectivity index (χ1n) is 7.27. The standard InChI is InChI=1S/C16H16F2N2O2S/c17-16(18)22-13-6-8-23-14(13)15(21)20-9-12-11-4-2-1-3-10(11)5-7-19-12/h1-4,6,8,12,16,19H,5,7,9H2,(H,20,21). The summed E-state index contributed by atoms with van der Waals surface area (Å²) in [4.78, 5) is 12.4. The molecule has 4 nitrogen and oxygen atoms in total. The van der Waals surface area contributed by atoms with Gasteiger partial charge in [0, 0.05) is 12.6 Å². The van der Waals surface area contributed by atoms with Crippen LogP contribution in [0.15, 0.2) is 35.7 Å². The molecular weight excluding hydrogens is 322 g/mol. The normalized spacial score (nSPS) is 16.9. The van der Waals surface area contributed by atoms with E-state index in [1.54, 1.807) is 5.38 Å². The second-order valence-corrected chi connectivity index (χ2v) is 6.07. The molecule has 1 unspecified atom stereocenters. The first kappa shape index (κ1) is 15.9. The van der Waals surface area contributed by atoms with Crippen molar-refractivity contribution in [3.8, 4) is 5.75 Å². The largest absolute Gasteiger partial charge is 0.433 e. The molecule has 1 aromatic heterocycles. The summed E-state index contributed by atoms with van der Waals surface area (Å²) in [6.45, 7) is -1.71. The molecule has 1 aliphatic heterocycles. The molecule has 2 aromatic rings. The maximum Gasteiger partial charge on any atom is 0.387 e. The smallest absolute Gasteiger partial charge is 0.387 e. The summed E-state index contributed by atoms with van der Waals surface area (Å²) in [7, 11) is 0. The van der Waals surface area contributed by atoms with E-state index in [9.17, 15) is 13.6 Å². The Morgan fingerprint density at radius 3 is 3.04 bits per heavy atom. The van der Waals surface area contributed by atoms with Crippen LogP contribution in [0.2, 0.25) is 0 Å². The number of ether oxygens (including phenoxy) is 1. The van der Waals surface area contributed by atoms with E-state index in [0.717, 1.165) is 29.9 Å². The Labute approximate surface area is 136 Å². The van der Waals surface area contributed by atoms with E-state index < -0.39 is 12.5 Å². The van der Waals surface area contributed by atoms with Crippen LogP contribution in [0, 0.1) is 0 Å². The van der Waals surface area contributed by atoms with Gasteiger partial charge in [-0.15, -0.1) is 11.3 Å². The van der Waals surface area contributed by atoms with Crippen LogP contribution in [0.3, 0.4) is 0 Å². The number of rotatable bonds is 5. The molecule has 7 heteroatoms. The molecule has 2 N–H and O–H groups in total. The highest BCUT2D eigenvalue weighted by Gasteiger charge is 2.22. The molecule has 0 radical (unpaired) electrons. The minimum Gasteiger partial charge on any atom is -0.433 e. The highest BCUT2D eigenvalue weighted by atomic mass is 32.1. The molecule has 0 saturated heterocycles. The van der Waals surface area contributed by atoms with Gasteiger partial charge in [0.25, 0.3) is 5.91 Å². The number of thiophene rings is 1. The van der Waals surface area contributed by atoms with Gasteiger partial charge in [-0.3, -0.25) is 4.79 Å². The van der Waals surface area contributed by atoms with Crippen LogP contribution in [0.4, 0.5) is 8.78 Å². The Kier molecular flexibility index (Phi) is 4.88. The molecule has 0 spiro atoms. The maximum absolute atomic E-state index is 12.3. The van der Waals surface area contributed by atoms with Crippen LogP contribution in [0.1, 0.15) is 26.8 Å². The number of halogens is 2. The second-order valence-electron chi connectivity index (χ2n) is 5.16. The van der Waals surface area contributed by atoms with Gasteiger partial charge in [-0.05, 0) is 35.5 Å². The number of carbonyl (C=O) groups is 1. The second kappa shape index (κ2) is 7.06. The molecule has 23 heavy (non-hydrogen) atoms. The van der Waals surface area contributed by atoms with Crippen LogP contribution >= 0.6 is 11.3 Å². The summed E-state index contributed by atoms with van der Waals surface area (Å²) in [6.07, 6.45) is 0.956. The first-order chi connectivity index (χ1) is 11.1. The fourth-order valence-electron chi connectivity index (χ4n) is 2.70. The van der Waals surface area contributed by atoms with Gasteiger partial charge in [0.05, 0.1) is 0 Å². The summed E-state index contributed by atoms with van der Waals surface area (Å²) in [5.74, 6) is -0.486. The molecular formula is C16H16F2N2O2S. The lowest BCUT2D eigenvalue weighted by Gasteiger charge is -2.27. The van der Waals surface area contributed by atoms with Crippen molar-refractivity contribution in [1.29, 1.82) is 0 Å². The number of hydrogen-bond donors (Lipinski definition) is 2. The van der Waals surface area contributed by atoms with Crippen LogP contribution in [0.25, 0.3) is 0 Å². The molecule has 0 bridgehead atoms. The van der Waals surface area contributed by atoms with E-state index in [1.807, 2.05) is 18.2 Å². The summed E-state index contributed by atoms with van der Waals surface area (Å²) in [6, 6.07) is 9.48. The minimum atomic E-state index is -2.94. The molecule has 0 aliphatic carbocycles. The lowest BCUT2D eigenvalue weighted by molar-refractivity contribution is -0.0498. The predicted octanol–water partition coefficient (Wildman–Crippen LogP) is 2.97. The summed E-state index contributed by atoms with van der Waals surface area (Å²) >= 11 is 1.08. The van der Waals surface area contributed by atoms with Gasteiger partial charge < -0.3 is 15.4 Å². The van der Waals surface area contributed by atoms with E-state index in [4.69, 9.17) is 0 Å². The fraction of sp³-hybridized carbons (Fsp3) is 0.312. The summed E-state index contributed by atoms with van der Waals surface area (Å²) in [5, 5.41) is 7.71. The van der Waals surface area contributed by atoms with Gasteiger partial charge >= 0.3 is 6.61 Å². The predicted molar refractivity (Wildman–Crippen MR) is 84.2 cm³/mol. The van der Waals surface area contributed by atoms with Crippen LogP contribution < -0.4 is 15.4 Å². The maximum atomic E-state index is 12.3. The van der Waals surface area contributed by atoms with Crippen molar-refractivity contribution in [3.63, 3.8) is 0 Å². The van der Waals surface area contributed by atoms with E-state index in [-0.39, 0.29) is 16.7 Å². The Morgan fingerprint density at radius 1 is 1.39 bits per heavy atom. The highest BCUT2D eigenvalue weighted by Crippen LogP contribution is 2.27. The molecule has 1 atom stereocenters. The van der Waals surface area contributed by atoms with E-state index in [0.29, 0.717) is 6.54 Å². The molecule has 0 saturated carbocycles. The molecule has 1 amide bonds. The number of nitrogens with one attached hydrogen (secondary N) is 2. The lowest BCUT2D eigenvalue weighted by Crippen LogP contribution is -2.38. The van der Waals surface area contributed by atoms with Crippen LogP contribution in [0.5, 0.6) is 5.75 Å². The number of carbonyl (C=O) groups excluding carboxylic acids is 1. The van der Waals surface area contributed by atoms with Gasteiger partial charge in [0.15, 0.2) is 0 Å². The van der Waals surface area contributed by atoms with Crippen LogP contribution in [-0.4, -0.2) is 25.6 Å². The third kappa shape index (κ3) is 3.68. The fourth-order valence-corrected chi connectivity index (χ4v) is 3.44. The zero-order valence-corrected chi connectivity index (χ0v) is 13.0. The third-order valence-corrected chi connectivity index (χ3v) is 4.63. The molecule has 2 heterocycles. The Bertz CT molecular complexity index is 690. The van der Waals surface area contributed by atoms with Crippen LogP contribution in [-0.2, 0) is 6.42 Å². The van der Waals surface area contributed by atoms with E-state index in [1.165, 1.54) is 11.6 Å². The van der Waals surface area contributed by atoms with Crippen molar-refractivity contribution < 1.29 is 18.3 Å². The van der Waals surface area contributed by atoms with Crippen molar-refractivity contribution in [2.45, 2.75) is 19.1 Å². The molecule has 3 rings (SSSR count). The number of fused-ring (bicyclic) bond motifs is 1. The summed E-state index contributed by atoms with van der Waals surface area (Å²) in [5.41, 5.74) is 2.43. The zero-order chi connectivity index (χ0) is 16.2. The minimum absolute atomic E-state index is 0.0170. The van der Waals surface area contributed by atoms with E-state index in [2.05, 4.69) is 21.4 Å². The average Bonchev–Trinajstić information content (AvgIpc) is 3.00. The molecule has 1 aliphatic rings. The third-order valence-electron chi connectivity index (χ3n) is 3.73. The van der Waals surface area contributed by atoms with Crippen molar-refractivity contribution in [3.05, 3.63) is 51.7 Å². The number of hydrogen-bond acceptors (Lipinski definition) is 4. The van der Waals surface area contributed by atoms with Gasteiger partial charge in [-0.2, -0.15) is 8.78 Å². The lowest BCUT2D eigenvalue weighted by atomic mass is 9.94.